The molecular formula is C13H19NO3. The normalized spacial score (nSPS) is 14.1. The van der Waals surface area contributed by atoms with Crippen molar-refractivity contribution >= 4 is 11.7 Å². The number of anilines is 1. The van der Waals surface area contributed by atoms with Crippen LogP contribution in [0.4, 0.5) is 5.69 Å². The third kappa shape index (κ3) is 4.44. The summed E-state index contributed by atoms with van der Waals surface area (Å²) in [6.07, 6.45) is -0.273. The zero-order chi connectivity index (χ0) is 13.1. The van der Waals surface area contributed by atoms with E-state index in [9.17, 15) is 9.90 Å². The average Bonchev–Trinajstić information content (AvgIpc) is 2.18. The van der Waals surface area contributed by atoms with Gasteiger partial charge >= 0.3 is 5.97 Å². The van der Waals surface area contributed by atoms with Gasteiger partial charge in [0.25, 0.3) is 0 Å². The molecule has 1 unspecified atom stereocenters. The molecule has 0 fully saturated rings. The summed E-state index contributed by atoms with van der Waals surface area (Å²) in [7, 11) is 0. The molecule has 0 amide bonds. The molecule has 0 aliphatic carbocycles. The number of carboxylic acid groups (broad SMARTS) is 1. The van der Waals surface area contributed by atoms with Gasteiger partial charge in [-0.25, -0.2) is 0 Å². The summed E-state index contributed by atoms with van der Waals surface area (Å²) in [4.78, 5) is 10.5. The number of hydrogen-bond donors (Lipinski definition) is 3. The summed E-state index contributed by atoms with van der Waals surface area (Å²) in [6, 6.07) is 5.88. The molecule has 0 aliphatic rings. The Labute approximate surface area is 101 Å². The molecule has 0 heterocycles. The van der Waals surface area contributed by atoms with Gasteiger partial charge in [-0.1, -0.05) is 6.07 Å². The van der Waals surface area contributed by atoms with Gasteiger partial charge in [-0.3, -0.25) is 4.79 Å². The van der Waals surface area contributed by atoms with Crippen molar-refractivity contribution in [2.24, 2.45) is 0 Å². The number of rotatable bonds is 5. The highest BCUT2D eigenvalue weighted by atomic mass is 16.4. The molecule has 1 aromatic carbocycles. The highest BCUT2D eigenvalue weighted by Gasteiger charge is 2.23. The van der Waals surface area contributed by atoms with E-state index in [4.69, 9.17) is 5.11 Å². The number of hydrogen-bond acceptors (Lipinski definition) is 3. The van der Waals surface area contributed by atoms with Crippen LogP contribution in [0.5, 0.6) is 0 Å². The van der Waals surface area contributed by atoms with E-state index < -0.39 is 11.6 Å². The van der Waals surface area contributed by atoms with Crippen molar-refractivity contribution in [3.8, 4) is 0 Å². The van der Waals surface area contributed by atoms with E-state index in [-0.39, 0.29) is 13.0 Å². The first-order chi connectivity index (χ1) is 7.80. The molecule has 0 bridgehead atoms. The van der Waals surface area contributed by atoms with Crippen LogP contribution in [-0.4, -0.2) is 28.3 Å². The van der Waals surface area contributed by atoms with Crippen molar-refractivity contribution in [2.45, 2.75) is 32.8 Å². The fraction of sp³-hybridized carbons (Fsp3) is 0.462. The largest absolute Gasteiger partial charge is 0.481 e. The van der Waals surface area contributed by atoms with Gasteiger partial charge in [-0.15, -0.1) is 0 Å². The molecule has 0 aliphatic heterocycles. The van der Waals surface area contributed by atoms with Crippen molar-refractivity contribution in [3.63, 3.8) is 0 Å². The molecule has 3 N–H and O–H groups in total. The van der Waals surface area contributed by atoms with Gasteiger partial charge in [0.1, 0.15) is 0 Å². The highest BCUT2D eigenvalue weighted by Crippen LogP contribution is 2.16. The third-order valence-corrected chi connectivity index (χ3v) is 2.71. The lowest BCUT2D eigenvalue weighted by Gasteiger charge is -2.22. The molecule has 4 heteroatoms. The number of aliphatic carboxylic acids is 1. The average molecular weight is 237 g/mol. The molecule has 1 aromatic rings. The molecule has 4 nitrogen and oxygen atoms in total. The lowest BCUT2D eigenvalue weighted by molar-refractivity contribution is -0.141. The maximum absolute atomic E-state index is 10.5. The van der Waals surface area contributed by atoms with E-state index in [1.54, 1.807) is 0 Å². The van der Waals surface area contributed by atoms with E-state index in [2.05, 4.69) is 5.32 Å². The van der Waals surface area contributed by atoms with Crippen LogP contribution < -0.4 is 5.32 Å². The first-order valence-electron chi connectivity index (χ1n) is 5.55. The Balaban J connectivity index is 2.60. The smallest absolute Gasteiger partial charge is 0.306 e. The fourth-order valence-corrected chi connectivity index (χ4v) is 1.53. The van der Waals surface area contributed by atoms with Crippen LogP contribution in [0.1, 0.15) is 24.5 Å². The second kappa shape index (κ2) is 5.19. The summed E-state index contributed by atoms with van der Waals surface area (Å²) >= 11 is 0. The summed E-state index contributed by atoms with van der Waals surface area (Å²) < 4.78 is 0. The predicted molar refractivity (Wildman–Crippen MR) is 67.3 cm³/mol. The lowest BCUT2D eigenvalue weighted by atomic mass is 10.0. The van der Waals surface area contributed by atoms with Crippen molar-refractivity contribution in [3.05, 3.63) is 29.3 Å². The van der Waals surface area contributed by atoms with E-state index >= 15 is 0 Å². The minimum atomic E-state index is -1.25. The van der Waals surface area contributed by atoms with Crippen LogP contribution in [0.25, 0.3) is 0 Å². The molecule has 17 heavy (non-hydrogen) atoms. The van der Waals surface area contributed by atoms with Gasteiger partial charge in [0, 0.05) is 12.2 Å². The van der Waals surface area contributed by atoms with Crippen LogP contribution in [0.2, 0.25) is 0 Å². The van der Waals surface area contributed by atoms with Crippen LogP contribution >= 0.6 is 0 Å². The molecule has 1 atom stereocenters. The fourth-order valence-electron chi connectivity index (χ4n) is 1.53. The molecule has 0 radical (unpaired) electrons. The first kappa shape index (κ1) is 13.5. The van der Waals surface area contributed by atoms with Crippen LogP contribution in [0, 0.1) is 13.8 Å². The SMILES string of the molecule is Cc1ccc(NCC(C)(O)CC(=O)O)cc1C. The van der Waals surface area contributed by atoms with E-state index in [0.717, 1.165) is 11.3 Å². The van der Waals surface area contributed by atoms with Gasteiger partial charge < -0.3 is 15.5 Å². The Morgan fingerprint density at radius 3 is 2.53 bits per heavy atom. The van der Waals surface area contributed by atoms with Gasteiger partial charge in [0.05, 0.1) is 12.0 Å². The number of benzene rings is 1. The molecule has 1 rings (SSSR count). The van der Waals surface area contributed by atoms with Gasteiger partial charge in [0.2, 0.25) is 0 Å². The van der Waals surface area contributed by atoms with E-state index in [0.29, 0.717) is 0 Å². The van der Waals surface area contributed by atoms with Crippen LogP contribution in [0.15, 0.2) is 18.2 Å². The summed E-state index contributed by atoms with van der Waals surface area (Å²) in [5.41, 5.74) is 2.00. The standard InChI is InChI=1S/C13H19NO3/c1-9-4-5-11(6-10(9)2)14-8-13(3,17)7-12(15)16/h4-6,14,17H,7-8H2,1-3H3,(H,15,16). The van der Waals surface area contributed by atoms with Gasteiger partial charge in [-0.2, -0.15) is 0 Å². The highest BCUT2D eigenvalue weighted by molar-refractivity contribution is 5.68. The van der Waals surface area contributed by atoms with Crippen molar-refractivity contribution in [1.29, 1.82) is 0 Å². The molecular weight excluding hydrogens is 218 g/mol. The Hall–Kier alpha value is -1.55. The summed E-state index contributed by atoms with van der Waals surface area (Å²) in [6.45, 7) is 5.76. The molecule has 0 saturated heterocycles. The molecule has 0 saturated carbocycles. The Morgan fingerprint density at radius 2 is 2.00 bits per heavy atom. The maximum atomic E-state index is 10.5. The van der Waals surface area contributed by atoms with Crippen LogP contribution in [-0.2, 0) is 4.79 Å². The summed E-state index contributed by atoms with van der Waals surface area (Å²) in [5.74, 6) is -1.00. The molecule has 94 valence electrons. The topological polar surface area (TPSA) is 69.6 Å². The number of aliphatic hydroxyl groups is 1. The van der Waals surface area contributed by atoms with E-state index in [1.807, 2.05) is 32.0 Å². The number of carbonyl (C=O) groups is 1. The van der Waals surface area contributed by atoms with Crippen molar-refractivity contribution in [2.75, 3.05) is 11.9 Å². The predicted octanol–water partition coefficient (Wildman–Crippen LogP) is 1.94. The van der Waals surface area contributed by atoms with Crippen molar-refractivity contribution < 1.29 is 15.0 Å². The Kier molecular flexibility index (Phi) is 4.12. The summed E-state index contributed by atoms with van der Waals surface area (Å²) in [5, 5.41) is 21.5. The molecule has 0 aromatic heterocycles. The first-order valence-corrected chi connectivity index (χ1v) is 5.55. The number of nitrogens with one attached hydrogen (secondary N) is 1. The Bertz CT molecular complexity index is 413. The monoisotopic (exact) mass is 237 g/mol. The second-order valence-electron chi connectivity index (χ2n) is 4.72. The maximum Gasteiger partial charge on any atom is 0.306 e. The van der Waals surface area contributed by atoms with Crippen LogP contribution in [0.3, 0.4) is 0 Å². The number of carboxylic acids is 1. The van der Waals surface area contributed by atoms with Gasteiger partial charge in [-0.05, 0) is 44.0 Å². The zero-order valence-corrected chi connectivity index (χ0v) is 10.4. The third-order valence-electron chi connectivity index (χ3n) is 2.71. The lowest BCUT2D eigenvalue weighted by Crippen LogP contribution is -2.35. The quantitative estimate of drug-likeness (QED) is 0.732. The van der Waals surface area contributed by atoms with Gasteiger partial charge in [0.15, 0.2) is 0 Å². The van der Waals surface area contributed by atoms with Crippen molar-refractivity contribution in [1.82, 2.24) is 0 Å². The minimum Gasteiger partial charge on any atom is -0.481 e. The Morgan fingerprint density at radius 1 is 1.35 bits per heavy atom. The molecule has 0 spiro atoms. The number of aryl methyl sites for hydroxylation is 2. The van der Waals surface area contributed by atoms with E-state index in [1.165, 1.54) is 12.5 Å². The second-order valence-corrected chi connectivity index (χ2v) is 4.72. The minimum absolute atomic E-state index is 0.210. The zero-order valence-electron chi connectivity index (χ0n) is 10.4.